The van der Waals surface area contributed by atoms with E-state index in [1.807, 2.05) is 0 Å². The summed E-state index contributed by atoms with van der Waals surface area (Å²) in [4.78, 5) is 10.8. The van der Waals surface area contributed by atoms with E-state index < -0.39 is 18.4 Å². The van der Waals surface area contributed by atoms with E-state index in [1.165, 1.54) is 11.3 Å². The van der Waals surface area contributed by atoms with E-state index in [0.717, 1.165) is 0 Å². The highest BCUT2D eigenvalue weighted by Crippen LogP contribution is 2.21. The maximum Gasteiger partial charge on any atom is 0.395 e. The second-order valence-corrected chi connectivity index (χ2v) is 3.42. The van der Waals surface area contributed by atoms with Gasteiger partial charge in [0.15, 0.2) is 0 Å². The number of alkyl halides is 3. The van der Waals surface area contributed by atoms with Gasteiger partial charge in [-0.1, -0.05) is 0 Å². The first kappa shape index (κ1) is 10.2. The van der Waals surface area contributed by atoms with Crippen LogP contribution in [0, 0.1) is 0 Å². The molecule has 0 bridgehead atoms. The lowest BCUT2D eigenvalue weighted by molar-refractivity contribution is -0.151. The van der Waals surface area contributed by atoms with Crippen LogP contribution in [0.15, 0.2) is 16.8 Å². The van der Waals surface area contributed by atoms with Crippen LogP contribution in [0.4, 0.5) is 13.2 Å². The Morgan fingerprint density at radius 1 is 1.46 bits per heavy atom. The van der Waals surface area contributed by atoms with Gasteiger partial charge in [-0.15, -0.1) is 0 Å². The van der Waals surface area contributed by atoms with Crippen molar-refractivity contribution in [1.29, 1.82) is 0 Å². The molecule has 72 valence electrons. The summed E-state index contributed by atoms with van der Waals surface area (Å²) >= 11 is 1.37. The molecule has 0 fully saturated rings. The molecule has 1 aromatic heterocycles. The summed E-state index contributed by atoms with van der Waals surface area (Å²) in [5.41, 5.74) is 0.652. The summed E-state index contributed by atoms with van der Waals surface area (Å²) in [6.45, 7) is 0. The van der Waals surface area contributed by atoms with Gasteiger partial charge >= 0.3 is 6.18 Å². The molecule has 1 rings (SSSR count). The third kappa shape index (κ3) is 4.07. The summed E-state index contributed by atoms with van der Waals surface area (Å²) in [6, 6.07) is 1.65. The van der Waals surface area contributed by atoms with E-state index in [2.05, 4.69) is 0 Å². The van der Waals surface area contributed by atoms with Crippen LogP contribution in [0.1, 0.15) is 12.0 Å². The molecule has 1 heterocycles. The fourth-order valence-electron chi connectivity index (χ4n) is 0.907. The quantitative estimate of drug-likeness (QED) is 0.746. The van der Waals surface area contributed by atoms with Gasteiger partial charge in [-0.3, -0.25) is 4.79 Å². The number of rotatable bonds is 3. The average Bonchev–Trinajstić information content (AvgIpc) is 2.34. The zero-order valence-corrected chi connectivity index (χ0v) is 7.41. The molecule has 1 aromatic rings. The van der Waals surface area contributed by atoms with Gasteiger partial charge in [-0.2, -0.15) is 24.5 Å². The maximum absolute atomic E-state index is 11.7. The van der Waals surface area contributed by atoms with Crippen LogP contribution in [0.5, 0.6) is 0 Å². The molecule has 0 aliphatic carbocycles. The van der Waals surface area contributed by atoms with Crippen LogP contribution >= 0.6 is 11.3 Å². The first-order valence-electron chi connectivity index (χ1n) is 3.57. The highest BCUT2D eigenvalue weighted by Gasteiger charge is 2.30. The van der Waals surface area contributed by atoms with Crippen LogP contribution in [0.3, 0.4) is 0 Å². The minimum absolute atomic E-state index is 0.122. The lowest BCUT2D eigenvalue weighted by Crippen LogP contribution is -2.16. The van der Waals surface area contributed by atoms with Crippen LogP contribution in [0.25, 0.3) is 0 Å². The Hall–Kier alpha value is -0.840. The molecule has 13 heavy (non-hydrogen) atoms. The minimum atomic E-state index is -4.38. The zero-order chi connectivity index (χ0) is 9.90. The fraction of sp³-hybridized carbons (Fsp3) is 0.375. The molecule has 5 heteroatoms. The molecule has 0 saturated carbocycles. The number of halogens is 3. The smallest absolute Gasteiger partial charge is 0.299 e. The molecule has 0 aliphatic rings. The second-order valence-electron chi connectivity index (χ2n) is 2.64. The van der Waals surface area contributed by atoms with E-state index in [-0.39, 0.29) is 6.42 Å². The molecule has 0 aliphatic heterocycles. The van der Waals surface area contributed by atoms with Gasteiger partial charge in [0.2, 0.25) is 0 Å². The molecular formula is C8H7F3OS. The average molecular weight is 208 g/mol. The van der Waals surface area contributed by atoms with E-state index in [4.69, 9.17) is 0 Å². The van der Waals surface area contributed by atoms with Gasteiger partial charge in [-0.25, -0.2) is 0 Å². The molecule has 0 unspecified atom stereocenters. The highest BCUT2D eigenvalue weighted by atomic mass is 32.1. The number of Topliss-reactive ketones (excluding diaryl/α,β-unsaturated/α-hetero) is 1. The van der Waals surface area contributed by atoms with Gasteiger partial charge in [0.1, 0.15) is 12.2 Å². The van der Waals surface area contributed by atoms with Gasteiger partial charge in [0.05, 0.1) is 0 Å². The third-order valence-electron chi connectivity index (χ3n) is 1.38. The first-order valence-corrected chi connectivity index (χ1v) is 4.51. The summed E-state index contributed by atoms with van der Waals surface area (Å²) in [5.74, 6) is -0.786. The van der Waals surface area contributed by atoms with Crippen molar-refractivity contribution in [2.75, 3.05) is 0 Å². The van der Waals surface area contributed by atoms with Crippen molar-refractivity contribution >= 4 is 17.1 Å². The molecule has 0 N–H and O–H groups in total. The Morgan fingerprint density at radius 3 is 2.62 bits per heavy atom. The Kier molecular flexibility index (Phi) is 3.08. The Morgan fingerprint density at radius 2 is 2.15 bits per heavy atom. The van der Waals surface area contributed by atoms with Crippen molar-refractivity contribution in [3.63, 3.8) is 0 Å². The number of hydrogen-bond donors (Lipinski definition) is 0. The minimum Gasteiger partial charge on any atom is -0.299 e. The molecule has 0 atom stereocenters. The van der Waals surface area contributed by atoms with E-state index >= 15 is 0 Å². The van der Waals surface area contributed by atoms with E-state index in [1.54, 1.807) is 16.8 Å². The molecular weight excluding hydrogens is 201 g/mol. The number of carbonyl (C=O) groups is 1. The van der Waals surface area contributed by atoms with Crippen LogP contribution in [0.2, 0.25) is 0 Å². The van der Waals surface area contributed by atoms with Crippen LogP contribution in [-0.2, 0) is 11.2 Å². The fourth-order valence-corrected chi connectivity index (χ4v) is 1.58. The Bertz CT molecular complexity index is 276. The lowest BCUT2D eigenvalue weighted by Gasteiger charge is -2.03. The summed E-state index contributed by atoms with van der Waals surface area (Å²) in [6.07, 6.45) is -5.83. The topological polar surface area (TPSA) is 17.1 Å². The normalized spacial score (nSPS) is 11.6. The van der Waals surface area contributed by atoms with Crippen LogP contribution in [-0.4, -0.2) is 12.0 Å². The summed E-state index contributed by atoms with van der Waals surface area (Å²) < 4.78 is 35.1. The van der Waals surface area contributed by atoms with Gasteiger partial charge < -0.3 is 0 Å². The molecule has 0 amide bonds. The number of ketones is 1. The largest absolute Gasteiger partial charge is 0.395 e. The monoisotopic (exact) mass is 208 g/mol. The van der Waals surface area contributed by atoms with Gasteiger partial charge in [0.25, 0.3) is 0 Å². The highest BCUT2D eigenvalue weighted by molar-refractivity contribution is 7.07. The number of carbonyl (C=O) groups excluding carboxylic acids is 1. The number of thiophene rings is 1. The van der Waals surface area contributed by atoms with Crippen molar-refractivity contribution in [1.82, 2.24) is 0 Å². The van der Waals surface area contributed by atoms with E-state index in [9.17, 15) is 18.0 Å². The predicted octanol–water partition coefficient (Wildman–Crippen LogP) is 2.81. The predicted molar refractivity (Wildman–Crippen MR) is 43.7 cm³/mol. The molecule has 0 spiro atoms. The second kappa shape index (κ2) is 3.91. The SMILES string of the molecule is O=C(Cc1ccsc1)CC(F)(F)F. The lowest BCUT2D eigenvalue weighted by atomic mass is 10.1. The summed E-state index contributed by atoms with van der Waals surface area (Å²) in [5, 5.41) is 3.41. The third-order valence-corrected chi connectivity index (χ3v) is 2.11. The van der Waals surface area contributed by atoms with E-state index in [0.29, 0.717) is 5.56 Å². The van der Waals surface area contributed by atoms with Gasteiger partial charge in [-0.05, 0) is 22.4 Å². The van der Waals surface area contributed by atoms with Crippen molar-refractivity contribution in [3.8, 4) is 0 Å². The standard InChI is InChI=1S/C8H7F3OS/c9-8(10,11)4-7(12)3-6-1-2-13-5-6/h1-2,5H,3-4H2. The Labute approximate surface area is 77.2 Å². The molecule has 0 aromatic carbocycles. The zero-order valence-electron chi connectivity index (χ0n) is 6.60. The van der Waals surface area contributed by atoms with Crippen molar-refractivity contribution in [2.45, 2.75) is 19.0 Å². The van der Waals surface area contributed by atoms with Crippen molar-refractivity contribution < 1.29 is 18.0 Å². The maximum atomic E-state index is 11.7. The number of hydrogen-bond acceptors (Lipinski definition) is 2. The molecule has 0 saturated heterocycles. The van der Waals surface area contributed by atoms with Crippen LogP contribution < -0.4 is 0 Å². The molecule has 0 radical (unpaired) electrons. The van der Waals surface area contributed by atoms with Crippen molar-refractivity contribution in [2.24, 2.45) is 0 Å². The molecule has 1 nitrogen and oxygen atoms in total. The van der Waals surface area contributed by atoms with Gasteiger partial charge in [0, 0.05) is 6.42 Å². The first-order chi connectivity index (χ1) is 5.97. The summed E-state index contributed by atoms with van der Waals surface area (Å²) in [7, 11) is 0. The Balaban J connectivity index is 2.43. The van der Waals surface area contributed by atoms with Crippen molar-refractivity contribution in [3.05, 3.63) is 22.4 Å².